The summed E-state index contributed by atoms with van der Waals surface area (Å²) in [7, 11) is 0. The van der Waals surface area contributed by atoms with Crippen molar-refractivity contribution in [2.24, 2.45) is 0 Å². The summed E-state index contributed by atoms with van der Waals surface area (Å²) in [6.45, 7) is 14.2. The van der Waals surface area contributed by atoms with Crippen LogP contribution >= 0.6 is 0 Å². The van der Waals surface area contributed by atoms with Gasteiger partial charge in [0.05, 0.1) is 0 Å². The minimum atomic E-state index is -2.10. The van der Waals surface area contributed by atoms with Crippen LogP contribution in [0.15, 0.2) is 113 Å². The zero-order chi connectivity index (χ0) is 29.5. The van der Waals surface area contributed by atoms with Crippen molar-refractivity contribution in [1.82, 2.24) is 0 Å². The molecule has 226 valence electrons. The van der Waals surface area contributed by atoms with Crippen molar-refractivity contribution in [1.29, 1.82) is 0 Å². The van der Waals surface area contributed by atoms with Crippen molar-refractivity contribution in [2.45, 2.75) is 78.1 Å². The molecule has 0 amide bonds. The van der Waals surface area contributed by atoms with Crippen molar-refractivity contribution < 1.29 is 42.2 Å². The van der Waals surface area contributed by atoms with Crippen molar-refractivity contribution >= 4 is 7.68 Å². The van der Waals surface area contributed by atoms with E-state index in [9.17, 15) is 0 Å². The molecule has 0 aromatic heterocycles. The molecule has 2 aliphatic carbocycles. The third-order valence-electron chi connectivity index (χ3n) is 8.99. The molecule has 44 heavy (non-hydrogen) atoms. The number of allylic oxidation sites excluding steroid dienone is 4. The molecule has 0 saturated carbocycles. The zero-order valence-corrected chi connectivity index (χ0v) is 30.1. The second-order valence-corrected chi connectivity index (χ2v) is 18.3. The predicted molar refractivity (Wildman–Crippen MR) is 179 cm³/mol. The molecule has 0 saturated heterocycles. The summed E-state index contributed by atoms with van der Waals surface area (Å²) < 4.78 is 5.13. The summed E-state index contributed by atoms with van der Waals surface area (Å²) in [5.41, 5.74) is 12.0. The number of benzene rings is 4. The van der Waals surface area contributed by atoms with Crippen molar-refractivity contribution in [3.8, 4) is 11.1 Å². The number of rotatable bonds is 6. The molecule has 6 rings (SSSR count). The van der Waals surface area contributed by atoms with E-state index < -0.39 is 17.4 Å². The molecule has 0 N–H and O–H groups in total. The molecule has 0 fully saturated rings. The minimum absolute atomic E-state index is 0. The van der Waals surface area contributed by atoms with Gasteiger partial charge < -0.3 is 24.8 Å². The molecule has 0 atom stereocenters. The van der Waals surface area contributed by atoms with E-state index in [0.29, 0.717) is 0 Å². The Kier molecular flexibility index (Phi) is 10.9. The van der Waals surface area contributed by atoms with Gasteiger partial charge in [0.1, 0.15) is 0 Å². The van der Waals surface area contributed by atoms with E-state index in [1.165, 1.54) is 38.9 Å². The predicted octanol–water partition coefficient (Wildman–Crippen LogP) is 3.61. The van der Waals surface area contributed by atoms with E-state index in [0.717, 1.165) is 25.7 Å². The van der Waals surface area contributed by atoms with Crippen LogP contribution in [0.25, 0.3) is 11.1 Å². The van der Waals surface area contributed by atoms with Crippen LogP contribution in [0.5, 0.6) is 0 Å². The maximum absolute atomic E-state index is 2.65. The van der Waals surface area contributed by atoms with Gasteiger partial charge in [-0.05, 0) is 0 Å². The van der Waals surface area contributed by atoms with Crippen LogP contribution in [0, 0.1) is 0 Å². The third kappa shape index (κ3) is 7.32. The van der Waals surface area contributed by atoms with Crippen LogP contribution in [0.1, 0.15) is 81.3 Å². The number of fused-ring (bicyclic) bond motifs is 3. The van der Waals surface area contributed by atoms with Gasteiger partial charge >= 0.3 is 261 Å². The summed E-state index contributed by atoms with van der Waals surface area (Å²) in [6.07, 6.45) is 11.4. The average Bonchev–Trinajstić information content (AvgIpc) is 3.61. The monoisotopic (exact) mass is 654 g/mol. The molecule has 4 aromatic rings. The molecular formula is C41H44Cl2Ti. The second-order valence-electron chi connectivity index (χ2n) is 14.2. The summed E-state index contributed by atoms with van der Waals surface area (Å²) >= 11 is -2.10. The molecule has 0 heterocycles. The zero-order valence-electron chi connectivity index (χ0n) is 27.0. The smallest absolute Gasteiger partial charge is 1.00 e. The van der Waals surface area contributed by atoms with Gasteiger partial charge in [0.25, 0.3) is 0 Å². The van der Waals surface area contributed by atoms with Crippen LogP contribution in [-0.2, 0) is 47.5 Å². The molecule has 0 unspecified atom stereocenters. The van der Waals surface area contributed by atoms with E-state index >= 15 is 0 Å². The molecule has 0 aliphatic heterocycles. The fraction of sp³-hybridized carbons (Fsp3) is 0.293. The second kappa shape index (κ2) is 13.9. The Balaban J connectivity index is 0.00000221. The average molecular weight is 656 g/mol. The SMILES string of the molecule is CC(C)(C)c1ccc2c(c1)-c1cc(C(C)(C)C)c[c]([Ti+2]([C]3=CC=CC3)=[C](Cc3ccccc3)Cc3ccccc3)c1C2.[Cl-].[Cl-]. The molecule has 3 heteroatoms. The van der Waals surface area contributed by atoms with Crippen LogP contribution in [0.4, 0.5) is 0 Å². The Labute approximate surface area is 283 Å². The van der Waals surface area contributed by atoms with Gasteiger partial charge in [0.15, 0.2) is 0 Å². The first-order valence-electron chi connectivity index (χ1n) is 15.6. The van der Waals surface area contributed by atoms with Crippen molar-refractivity contribution in [2.75, 3.05) is 0 Å². The van der Waals surface area contributed by atoms with Crippen LogP contribution in [0.2, 0.25) is 0 Å². The Bertz CT molecular complexity index is 1670. The maximum Gasteiger partial charge on any atom is -1.00 e. The summed E-state index contributed by atoms with van der Waals surface area (Å²) in [5, 5.41) is 0. The topological polar surface area (TPSA) is 0 Å². The van der Waals surface area contributed by atoms with Gasteiger partial charge in [-0.2, -0.15) is 0 Å². The van der Waals surface area contributed by atoms with Gasteiger partial charge in [0.2, 0.25) is 0 Å². The number of hydrogen-bond donors (Lipinski definition) is 0. The van der Waals surface area contributed by atoms with Crippen LogP contribution < -0.4 is 28.7 Å². The van der Waals surface area contributed by atoms with Gasteiger partial charge in [-0.15, -0.1) is 0 Å². The van der Waals surface area contributed by atoms with Crippen LogP contribution in [0.3, 0.4) is 0 Å². The Morgan fingerprint density at radius 3 is 1.75 bits per heavy atom. The van der Waals surface area contributed by atoms with E-state index in [4.69, 9.17) is 0 Å². The fourth-order valence-corrected chi connectivity index (χ4v) is 11.8. The molecule has 4 aromatic carbocycles. The van der Waals surface area contributed by atoms with E-state index in [-0.39, 0.29) is 35.6 Å². The number of hydrogen-bond acceptors (Lipinski definition) is 0. The van der Waals surface area contributed by atoms with E-state index in [1.54, 1.807) is 17.1 Å². The van der Waals surface area contributed by atoms with Crippen molar-refractivity contribution in [3.05, 3.63) is 146 Å². The quantitative estimate of drug-likeness (QED) is 0.246. The normalized spacial score (nSPS) is 13.2. The number of halogens is 2. The van der Waals surface area contributed by atoms with Gasteiger partial charge in [-0.25, -0.2) is 0 Å². The summed E-state index contributed by atoms with van der Waals surface area (Å²) in [5.74, 6) is 0. The molecule has 2 aliphatic rings. The van der Waals surface area contributed by atoms with E-state index in [2.05, 4.69) is 151 Å². The standard InChI is InChI=1S/C21H25.C15H14.C5H5.2ClH.Ti/c1-20(2,3)16-9-7-14-11-15-8-10-17(21(4,5)6)13-19(15)18(14)12-16;1-3-8-14(9-4-1)12-7-13-15-10-5-2-6-11-15;1-2-4-5-3-1;;;/h7,9-10,12-13H,11H2,1-6H3;1-6,8-11H,12-13H2;1-3H,4H2;2*1H;/q;;;;;+2/p-2. The Hall–Kier alpha value is -2.48. The molecular weight excluding hydrogens is 611 g/mol. The minimum Gasteiger partial charge on any atom is -1.00 e. The molecule has 0 bridgehead atoms. The largest absolute Gasteiger partial charge is 1.00 e. The Morgan fingerprint density at radius 2 is 1.23 bits per heavy atom. The first kappa shape index (κ1) is 34.4. The first-order valence-corrected chi connectivity index (χ1v) is 17.9. The molecule has 0 nitrogen and oxygen atoms in total. The molecule has 0 radical (unpaired) electrons. The summed E-state index contributed by atoms with van der Waals surface area (Å²) in [6, 6.07) is 34.9. The summed E-state index contributed by atoms with van der Waals surface area (Å²) in [4.78, 5) is 0. The molecule has 0 spiro atoms. The third-order valence-corrected chi connectivity index (χ3v) is 13.8. The van der Waals surface area contributed by atoms with Crippen LogP contribution in [-0.4, -0.2) is 3.81 Å². The van der Waals surface area contributed by atoms with E-state index in [1.807, 2.05) is 0 Å². The van der Waals surface area contributed by atoms with Gasteiger partial charge in [0, 0.05) is 0 Å². The maximum atomic E-state index is 2.65. The van der Waals surface area contributed by atoms with Gasteiger partial charge in [-0.1, -0.05) is 0 Å². The first-order chi connectivity index (χ1) is 20.1. The fourth-order valence-electron chi connectivity index (χ4n) is 6.54. The van der Waals surface area contributed by atoms with Gasteiger partial charge in [-0.3, -0.25) is 0 Å². The van der Waals surface area contributed by atoms with Crippen molar-refractivity contribution in [3.63, 3.8) is 0 Å². The Morgan fingerprint density at radius 1 is 0.659 bits per heavy atom.